The second-order valence-corrected chi connectivity index (χ2v) is 4.47. The molecule has 0 aliphatic rings. The maximum Gasteiger partial charge on any atom is 0.311 e. The molecule has 0 spiro atoms. The Labute approximate surface area is 121 Å². The van der Waals surface area contributed by atoms with Crippen molar-refractivity contribution in [3.05, 3.63) is 33.3 Å². The van der Waals surface area contributed by atoms with E-state index in [0.29, 0.717) is 24.7 Å². The van der Waals surface area contributed by atoms with Crippen molar-refractivity contribution in [2.24, 2.45) is 0 Å². The molecule has 0 amide bonds. The Morgan fingerprint density at radius 3 is 2.95 bits per heavy atom. The minimum Gasteiger partial charge on any atom is -0.484 e. The summed E-state index contributed by atoms with van der Waals surface area (Å²) in [5, 5.41) is 23.8. The molecule has 7 nitrogen and oxygen atoms in total. The molecule has 0 aromatic heterocycles. The van der Waals surface area contributed by atoms with Crippen molar-refractivity contribution in [2.75, 3.05) is 33.4 Å². The summed E-state index contributed by atoms with van der Waals surface area (Å²) < 4.78 is 10.1. The summed E-state index contributed by atoms with van der Waals surface area (Å²) in [5.74, 6) is 0.0402. The second kappa shape index (κ2) is 8.70. The molecule has 0 saturated heterocycles. The van der Waals surface area contributed by atoms with E-state index < -0.39 is 11.0 Å². The highest BCUT2D eigenvalue weighted by Gasteiger charge is 2.16. The summed E-state index contributed by atoms with van der Waals surface area (Å²) >= 11 is 5.76. The van der Waals surface area contributed by atoms with E-state index in [1.54, 1.807) is 7.11 Å². The van der Waals surface area contributed by atoms with Crippen LogP contribution in [0.1, 0.15) is 0 Å². The van der Waals surface area contributed by atoms with Crippen molar-refractivity contribution < 1.29 is 19.5 Å². The molecular weight excluding hydrogens is 288 g/mol. The highest BCUT2D eigenvalue weighted by molar-refractivity contribution is 6.30. The molecule has 2 N–H and O–H groups in total. The van der Waals surface area contributed by atoms with Gasteiger partial charge in [0.15, 0.2) is 5.75 Å². The molecule has 20 heavy (non-hydrogen) atoms. The van der Waals surface area contributed by atoms with Gasteiger partial charge in [-0.15, -0.1) is 0 Å². The molecule has 1 aromatic carbocycles. The second-order valence-electron chi connectivity index (χ2n) is 4.03. The van der Waals surface area contributed by atoms with Gasteiger partial charge in [0.1, 0.15) is 12.7 Å². The number of nitrogens with one attached hydrogen (secondary N) is 1. The average molecular weight is 305 g/mol. The number of nitro benzene ring substituents is 1. The average Bonchev–Trinajstić information content (AvgIpc) is 2.41. The van der Waals surface area contributed by atoms with Crippen LogP contribution in [0.25, 0.3) is 0 Å². The minimum atomic E-state index is -0.787. The number of methoxy groups -OCH3 is 1. The number of nitro groups is 1. The SMILES string of the molecule is COCCNCC(O)COc1cc(Cl)ccc1[N+](=O)[O-]. The highest BCUT2D eigenvalue weighted by atomic mass is 35.5. The van der Waals surface area contributed by atoms with Crippen LogP contribution in [-0.4, -0.2) is 49.5 Å². The molecule has 0 bridgehead atoms. The lowest BCUT2D eigenvalue weighted by molar-refractivity contribution is -0.385. The number of hydrogen-bond donors (Lipinski definition) is 2. The fourth-order valence-electron chi connectivity index (χ4n) is 1.44. The minimum absolute atomic E-state index is 0.0402. The summed E-state index contributed by atoms with van der Waals surface area (Å²) in [6.45, 7) is 1.37. The molecule has 0 fully saturated rings. The van der Waals surface area contributed by atoms with E-state index in [-0.39, 0.29) is 18.0 Å². The predicted octanol–water partition coefficient (Wildman–Crippen LogP) is 1.22. The van der Waals surface area contributed by atoms with E-state index >= 15 is 0 Å². The number of aliphatic hydroxyl groups excluding tert-OH is 1. The quantitative estimate of drug-likeness (QED) is 0.405. The van der Waals surface area contributed by atoms with Crippen LogP contribution in [0.5, 0.6) is 5.75 Å². The summed E-state index contributed by atoms with van der Waals surface area (Å²) in [6, 6.07) is 4.03. The smallest absolute Gasteiger partial charge is 0.311 e. The largest absolute Gasteiger partial charge is 0.484 e. The lowest BCUT2D eigenvalue weighted by atomic mass is 10.3. The number of rotatable bonds is 9. The normalized spacial score (nSPS) is 12.2. The van der Waals surface area contributed by atoms with Crippen LogP contribution in [0, 0.1) is 10.1 Å². The maximum atomic E-state index is 10.8. The zero-order valence-electron chi connectivity index (χ0n) is 11.0. The van der Waals surface area contributed by atoms with E-state index in [1.807, 2.05) is 0 Å². The number of halogens is 1. The fourth-order valence-corrected chi connectivity index (χ4v) is 1.60. The Balaban J connectivity index is 2.48. The molecule has 1 rings (SSSR count). The van der Waals surface area contributed by atoms with Crippen molar-refractivity contribution >= 4 is 17.3 Å². The number of ether oxygens (including phenoxy) is 2. The van der Waals surface area contributed by atoms with Gasteiger partial charge in [0.25, 0.3) is 0 Å². The van der Waals surface area contributed by atoms with Crippen molar-refractivity contribution in [3.63, 3.8) is 0 Å². The summed E-state index contributed by atoms with van der Waals surface area (Å²) in [7, 11) is 1.58. The molecule has 8 heteroatoms. The molecule has 0 aliphatic heterocycles. The molecule has 0 aliphatic carbocycles. The summed E-state index contributed by atoms with van der Waals surface area (Å²) in [6.07, 6.45) is -0.787. The van der Waals surface area contributed by atoms with Crippen LogP contribution >= 0.6 is 11.6 Å². The first kappa shape index (κ1) is 16.6. The Kier molecular flexibility index (Phi) is 7.24. The first-order chi connectivity index (χ1) is 9.54. The Bertz CT molecular complexity index is 444. The van der Waals surface area contributed by atoms with Crippen molar-refractivity contribution in [3.8, 4) is 5.75 Å². The summed E-state index contributed by atoms with van der Waals surface area (Å²) in [4.78, 5) is 10.3. The van der Waals surface area contributed by atoms with Gasteiger partial charge in [0.2, 0.25) is 0 Å². The van der Waals surface area contributed by atoms with Crippen molar-refractivity contribution in [1.82, 2.24) is 5.32 Å². The van der Waals surface area contributed by atoms with Crippen LogP contribution in [0.3, 0.4) is 0 Å². The highest BCUT2D eigenvalue weighted by Crippen LogP contribution is 2.29. The van der Waals surface area contributed by atoms with Gasteiger partial charge in [-0.2, -0.15) is 0 Å². The zero-order valence-corrected chi connectivity index (χ0v) is 11.8. The van der Waals surface area contributed by atoms with Gasteiger partial charge in [0.05, 0.1) is 11.5 Å². The van der Waals surface area contributed by atoms with Crippen LogP contribution in [0.4, 0.5) is 5.69 Å². The van der Waals surface area contributed by atoms with Crippen molar-refractivity contribution in [1.29, 1.82) is 0 Å². The summed E-state index contributed by atoms with van der Waals surface area (Å²) in [5.41, 5.74) is -0.186. The molecule has 112 valence electrons. The van der Waals surface area contributed by atoms with E-state index in [2.05, 4.69) is 5.32 Å². The number of benzene rings is 1. The van der Waals surface area contributed by atoms with Crippen LogP contribution in [0.2, 0.25) is 5.02 Å². The Morgan fingerprint density at radius 2 is 2.30 bits per heavy atom. The van der Waals surface area contributed by atoms with Gasteiger partial charge < -0.3 is 19.9 Å². The third-order valence-electron chi connectivity index (χ3n) is 2.41. The molecule has 1 unspecified atom stereocenters. The number of hydrogen-bond acceptors (Lipinski definition) is 6. The predicted molar refractivity (Wildman–Crippen MR) is 74.4 cm³/mol. The molecule has 0 radical (unpaired) electrons. The fraction of sp³-hybridized carbons (Fsp3) is 0.500. The maximum absolute atomic E-state index is 10.8. The van der Waals surface area contributed by atoms with Gasteiger partial charge in [-0.1, -0.05) is 11.6 Å². The van der Waals surface area contributed by atoms with E-state index in [9.17, 15) is 15.2 Å². The Morgan fingerprint density at radius 1 is 1.55 bits per heavy atom. The number of aliphatic hydroxyl groups is 1. The van der Waals surface area contributed by atoms with Gasteiger partial charge >= 0.3 is 5.69 Å². The van der Waals surface area contributed by atoms with Crippen LogP contribution in [0.15, 0.2) is 18.2 Å². The lowest BCUT2D eigenvalue weighted by Gasteiger charge is -2.13. The van der Waals surface area contributed by atoms with Gasteiger partial charge in [-0.05, 0) is 6.07 Å². The molecular formula is C12H17ClN2O5. The lowest BCUT2D eigenvalue weighted by Crippen LogP contribution is -2.33. The van der Waals surface area contributed by atoms with Crippen LogP contribution < -0.4 is 10.1 Å². The zero-order chi connectivity index (χ0) is 15.0. The standard InChI is InChI=1S/C12H17ClN2O5/c1-19-5-4-14-7-10(16)8-20-12-6-9(13)2-3-11(12)15(17)18/h2-3,6,10,14,16H,4-5,7-8H2,1H3. The first-order valence-electron chi connectivity index (χ1n) is 5.99. The molecule has 0 heterocycles. The van der Waals surface area contributed by atoms with Crippen molar-refractivity contribution in [2.45, 2.75) is 6.10 Å². The van der Waals surface area contributed by atoms with Gasteiger partial charge in [0, 0.05) is 37.4 Å². The Hall–Kier alpha value is -1.41. The van der Waals surface area contributed by atoms with Gasteiger partial charge in [-0.3, -0.25) is 10.1 Å². The van der Waals surface area contributed by atoms with E-state index in [1.165, 1.54) is 18.2 Å². The van der Waals surface area contributed by atoms with Gasteiger partial charge in [-0.25, -0.2) is 0 Å². The van der Waals surface area contributed by atoms with E-state index in [0.717, 1.165) is 0 Å². The monoisotopic (exact) mass is 304 g/mol. The topological polar surface area (TPSA) is 93.9 Å². The van der Waals surface area contributed by atoms with Crippen LogP contribution in [-0.2, 0) is 4.74 Å². The number of nitrogens with zero attached hydrogens (tertiary/aromatic N) is 1. The third-order valence-corrected chi connectivity index (χ3v) is 2.65. The van der Waals surface area contributed by atoms with E-state index in [4.69, 9.17) is 21.1 Å². The molecule has 1 aromatic rings. The molecule has 0 saturated carbocycles. The third kappa shape index (κ3) is 5.70. The first-order valence-corrected chi connectivity index (χ1v) is 6.37. The molecule has 1 atom stereocenters.